The Kier molecular flexibility index (Phi) is 2.54. The van der Waals surface area contributed by atoms with Crippen molar-refractivity contribution in [2.45, 2.75) is 32.2 Å². The van der Waals surface area contributed by atoms with E-state index in [0.717, 1.165) is 0 Å². The van der Waals surface area contributed by atoms with Gasteiger partial charge in [0.1, 0.15) is 0 Å². The van der Waals surface area contributed by atoms with Crippen molar-refractivity contribution in [2.24, 2.45) is 5.92 Å². The van der Waals surface area contributed by atoms with Crippen molar-refractivity contribution in [1.29, 1.82) is 0 Å². The first-order valence-electron chi connectivity index (χ1n) is 5.23. The molecule has 0 aromatic heterocycles. The molecule has 2 aliphatic rings. The van der Waals surface area contributed by atoms with Crippen molar-refractivity contribution in [2.75, 3.05) is 13.1 Å². The summed E-state index contributed by atoms with van der Waals surface area (Å²) in [7, 11) is 0. The van der Waals surface area contributed by atoms with Crippen molar-refractivity contribution < 1.29 is 9.59 Å². The predicted molar refractivity (Wildman–Crippen MR) is 51.5 cm³/mol. The van der Waals surface area contributed by atoms with Gasteiger partial charge >= 0.3 is 0 Å². The third kappa shape index (κ3) is 1.80. The minimum atomic E-state index is -0.160. The molecule has 1 aliphatic heterocycles. The van der Waals surface area contributed by atoms with Crippen molar-refractivity contribution >= 4 is 11.8 Å². The molecular formula is C10H16N2O2. The number of carbonyl (C=O) groups excluding carboxylic acids is 2. The summed E-state index contributed by atoms with van der Waals surface area (Å²) in [5, 5.41) is 2.32. The van der Waals surface area contributed by atoms with Crippen LogP contribution in [-0.4, -0.2) is 35.8 Å². The van der Waals surface area contributed by atoms with Crippen LogP contribution >= 0.6 is 0 Å². The molecule has 0 radical (unpaired) electrons. The highest BCUT2D eigenvalue weighted by Crippen LogP contribution is 2.32. The monoisotopic (exact) mass is 196 g/mol. The number of hydrogen-bond donors (Lipinski definition) is 1. The minimum Gasteiger partial charge on any atom is -0.294 e. The average molecular weight is 196 g/mol. The summed E-state index contributed by atoms with van der Waals surface area (Å²) in [4.78, 5) is 24.3. The molecular weight excluding hydrogens is 180 g/mol. The van der Waals surface area contributed by atoms with Gasteiger partial charge in [0.25, 0.3) is 0 Å². The van der Waals surface area contributed by atoms with Crippen LogP contribution in [0, 0.1) is 5.92 Å². The maximum atomic E-state index is 11.1. The van der Waals surface area contributed by atoms with E-state index in [1.807, 2.05) is 4.90 Å². The number of nitrogens with zero attached hydrogens (tertiary/aromatic N) is 1. The molecule has 1 saturated carbocycles. The fraction of sp³-hybridized carbons (Fsp3) is 0.800. The standard InChI is InChI=1S/C10H16N2O2/c1-7(8-3-2-4-8)12-5-9(13)11-10(14)6-12/h7-8H,2-6H2,1H3,(H,11,13,14). The molecule has 1 atom stereocenters. The van der Waals surface area contributed by atoms with Crippen molar-refractivity contribution in [3.63, 3.8) is 0 Å². The molecule has 4 heteroatoms. The van der Waals surface area contributed by atoms with Crippen LogP contribution in [0.2, 0.25) is 0 Å². The van der Waals surface area contributed by atoms with E-state index in [0.29, 0.717) is 25.0 Å². The normalized spacial score (nSPS) is 26.9. The Morgan fingerprint density at radius 2 is 1.86 bits per heavy atom. The van der Waals surface area contributed by atoms with Gasteiger partial charge in [-0.15, -0.1) is 0 Å². The first-order valence-corrected chi connectivity index (χ1v) is 5.23. The Bertz CT molecular complexity index is 245. The largest absolute Gasteiger partial charge is 0.294 e. The topological polar surface area (TPSA) is 49.4 Å². The molecule has 1 aliphatic carbocycles. The van der Waals surface area contributed by atoms with E-state index >= 15 is 0 Å². The molecule has 1 saturated heterocycles. The molecule has 1 N–H and O–H groups in total. The third-order valence-corrected chi connectivity index (χ3v) is 3.38. The van der Waals surface area contributed by atoms with Crippen LogP contribution in [0.25, 0.3) is 0 Å². The van der Waals surface area contributed by atoms with Gasteiger partial charge in [-0.2, -0.15) is 0 Å². The Morgan fingerprint density at radius 3 is 2.29 bits per heavy atom. The van der Waals surface area contributed by atoms with Crippen molar-refractivity contribution in [3.8, 4) is 0 Å². The quantitative estimate of drug-likeness (QED) is 0.639. The maximum absolute atomic E-state index is 11.1. The smallest absolute Gasteiger partial charge is 0.240 e. The van der Waals surface area contributed by atoms with E-state index in [4.69, 9.17) is 0 Å². The van der Waals surface area contributed by atoms with Gasteiger partial charge in [0.15, 0.2) is 0 Å². The lowest BCUT2D eigenvalue weighted by Gasteiger charge is -2.39. The molecule has 1 heterocycles. The van der Waals surface area contributed by atoms with E-state index in [9.17, 15) is 9.59 Å². The lowest BCUT2D eigenvalue weighted by molar-refractivity contribution is -0.137. The van der Waals surface area contributed by atoms with Crippen LogP contribution in [0.4, 0.5) is 0 Å². The Hall–Kier alpha value is -0.900. The van der Waals surface area contributed by atoms with E-state index in [1.54, 1.807) is 0 Å². The number of carbonyl (C=O) groups is 2. The zero-order chi connectivity index (χ0) is 10.1. The summed E-state index contributed by atoms with van der Waals surface area (Å²) in [6, 6.07) is 0.374. The zero-order valence-corrected chi connectivity index (χ0v) is 8.45. The Morgan fingerprint density at radius 1 is 1.29 bits per heavy atom. The SMILES string of the molecule is CC(C1CCC1)N1CC(=O)NC(=O)C1. The first kappa shape index (κ1) is 9.65. The summed E-state index contributed by atoms with van der Waals surface area (Å²) >= 11 is 0. The molecule has 4 nitrogen and oxygen atoms in total. The fourth-order valence-electron chi connectivity index (χ4n) is 2.17. The van der Waals surface area contributed by atoms with Gasteiger partial charge < -0.3 is 0 Å². The molecule has 2 amide bonds. The van der Waals surface area contributed by atoms with Gasteiger partial charge in [0, 0.05) is 6.04 Å². The van der Waals surface area contributed by atoms with E-state index < -0.39 is 0 Å². The molecule has 14 heavy (non-hydrogen) atoms. The van der Waals surface area contributed by atoms with Gasteiger partial charge in [-0.05, 0) is 25.7 Å². The van der Waals surface area contributed by atoms with Gasteiger partial charge in [-0.3, -0.25) is 19.8 Å². The Balaban J connectivity index is 1.95. The highest BCUT2D eigenvalue weighted by Gasteiger charge is 2.32. The zero-order valence-electron chi connectivity index (χ0n) is 8.45. The molecule has 0 aromatic rings. The number of imide groups is 1. The summed E-state index contributed by atoms with van der Waals surface area (Å²) in [5.74, 6) is 0.369. The van der Waals surface area contributed by atoms with Crippen LogP contribution in [0.5, 0.6) is 0 Å². The third-order valence-electron chi connectivity index (χ3n) is 3.38. The van der Waals surface area contributed by atoms with Crippen LogP contribution in [0.15, 0.2) is 0 Å². The van der Waals surface area contributed by atoms with Crippen molar-refractivity contribution in [1.82, 2.24) is 10.2 Å². The lowest BCUT2D eigenvalue weighted by atomic mass is 9.79. The second-order valence-electron chi connectivity index (χ2n) is 4.31. The first-order chi connectivity index (χ1) is 6.66. The van der Waals surface area contributed by atoms with E-state index in [-0.39, 0.29) is 11.8 Å². The fourth-order valence-corrected chi connectivity index (χ4v) is 2.17. The minimum absolute atomic E-state index is 0.160. The molecule has 2 fully saturated rings. The van der Waals surface area contributed by atoms with Gasteiger partial charge in [-0.25, -0.2) is 0 Å². The van der Waals surface area contributed by atoms with E-state index in [1.165, 1.54) is 19.3 Å². The van der Waals surface area contributed by atoms with Crippen LogP contribution < -0.4 is 5.32 Å². The Labute approximate surface area is 83.6 Å². The maximum Gasteiger partial charge on any atom is 0.240 e. The van der Waals surface area contributed by atoms with Gasteiger partial charge in [-0.1, -0.05) is 6.42 Å². The van der Waals surface area contributed by atoms with Crippen LogP contribution in [0.1, 0.15) is 26.2 Å². The summed E-state index contributed by atoms with van der Waals surface area (Å²) in [6.45, 7) is 2.88. The summed E-state index contributed by atoms with van der Waals surface area (Å²) in [6.07, 6.45) is 3.78. The number of amides is 2. The van der Waals surface area contributed by atoms with Gasteiger partial charge in [0.05, 0.1) is 13.1 Å². The average Bonchev–Trinajstić information content (AvgIpc) is 1.98. The number of hydrogen-bond acceptors (Lipinski definition) is 3. The number of piperazine rings is 1. The summed E-state index contributed by atoms with van der Waals surface area (Å²) in [5.41, 5.74) is 0. The molecule has 0 bridgehead atoms. The number of rotatable bonds is 2. The molecule has 2 rings (SSSR count). The highest BCUT2D eigenvalue weighted by atomic mass is 16.2. The molecule has 0 aromatic carbocycles. The lowest BCUT2D eigenvalue weighted by Crippen LogP contribution is -2.56. The van der Waals surface area contributed by atoms with Crippen LogP contribution in [-0.2, 0) is 9.59 Å². The highest BCUT2D eigenvalue weighted by molar-refractivity contribution is 5.99. The summed E-state index contributed by atoms with van der Waals surface area (Å²) < 4.78 is 0. The second kappa shape index (κ2) is 3.69. The predicted octanol–water partition coefficient (Wildman–Crippen LogP) is 0.133. The van der Waals surface area contributed by atoms with Crippen LogP contribution in [0.3, 0.4) is 0 Å². The second-order valence-corrected chi connectivity index (χ2v) is 4.31. The number of nitrogens with one attached hydrogen (secondary N) is 1. The molecule has 78 valence electrons. The molecule has 0 spiro atoms. The van der Waals surface area contributed by atoms with Crippen molar-refractivity contribution in [3.05, 3.63) is 0 Å². The molecule has 1 unspecified atom stereocenters. The van der Waals surface area contributed by atoms with E-state index in [2.05, 4.69) is 12.2 Å². The van der Waals surface area contributed by atoms with Gasteiger partial charge in [0.2, 0.25) is 11.8 Å².